The predicted molar refractivity (Wildman–Crippen MR) is 98.8 cm³/mol. The first-order valence-corrected chi connectivity index (χ1v) is 8.81. The molecule has 1 aliphatic heterocycles. The number of carbonyl (C=O) groups excluding carboxylic acids is 1. The van der Waals surface area contributed by atoms with Gasteiger partial charge in [0.25, 0.3) is 0 Å². The Kier molecular flexibility index (Phi) is 5.91. The molecule has 1 N–H and O–H groups in total. The average Bonchev–Trinajstić information content (AvgIpc) is 3.11. The highest BCUT2D eigenvalue weighted by molar-refractivity contribution is 5.82. The van der Waals surface area contributed by atoms with Crippen molar-refractivity contribution >= 4 is 18.1 Å². The molecule has 1 fully saturated rings. The number of hydrogen-bond acceptors (Lipinski definition) is 3. The van der Waals surface area contributed by atoms with Crippen molar-refractivity contribution in [2.75, 3.05) is 6.54 Å². The van der Waals surface area contributed by atoms with Crippen LogP contribution in [0.25, 0.3) is 6.08 Å². The van der Waals surface area contributed by atoms with Gasteiger partial charge in [0, 0.05) is 13.0 Å². The maximum atomic E-state index is 12.9. The average molecular weight is 405 g/mol. The van der Waals surface area contributed by atoms with Crippen molar-refractivity contribution in [3.63, 3.8) is 0 Å². The van der Waals surface area contributed by atoms with E-state index in [2.05, 4.69) is 0 Å². The lowest BCUT2D eigenvalue weighted by atomic mass is 10.1. The number of benzene rings is 2. The highest BCUT2D eigenvalue weighted by atomic mass is 19.4. The molecular weight excluding hydrogens is 387 g/mol. The summed E-state index contributed by atoms with van der Waals surface area (Å²) < 4.78 is 43.8. The van der Waals surface area contributed by atoms with Gasteiger partial charge in [-0.1, -0.05) is 48.5 Å². The van der Waals surface area contributed by atoms with Gasteiger partial charge < -0.3 is 9.84 Å². The van der Waals surface area contributed by atoms with Crippen LogP contribution in [0.3, 0.4) is 0 Å². The molecule has 0 saturated carbocycles. The number of ether oxygens (including phenoxy) is 1. The van der Waals surface area contributed by atoms with Gasteiger partial charge in [0.1, 0.15) is 12.6 Å². The van der Waals surface area contributed by atoms with E-state index in [9.17, 15) is 27.9 Å². The third-order valence-electron chi connectivity index (χ3n) is 4.51. The van der Waals surface area contributed by atoms with Crippen LogP contribution < -0.4 is 0 Å². The molecule has 0 radical (unpaired) electrons. The van der Waals surface area contributed by atoms with Crippen molar-refractivity contribution < 1.29 is 32.6 Å². The summed E-state index contributed by atoms with van der Waals surface area (Å²) in [4.78, 5) is 25.0. The van der Waals surface area contributed by atoms with E-state index < -0.39 is 29.8 Å². The lowest BCUT2D eigenvalue weighted by Gasteiger charge is -2.20. The number of carboxylic acid groups (broad SMARTS) is 1. The molecule has 0 spiro atoms. The van der Waals surface area contributed by atoms with Crippen molar-refractivity contribution in [1.82, 2.24) is 4.90 Å². The van der Waals surface area contributed by atoms with Gasteiger partial charge in [-0.3, -0.25) is 4.90 Å². The second-order valence-corrected chi connectivity index (χ2v) is 6.65. The molecule has 0 aliphatic carbocycles. The molecule has 2 aromatic carbocycles. The van der Waals surface area contributed by atoms with Gasteiger partial charge in [0.15, 0.2) is 0 Å². The van der Waals surface area contributed by atoms with Gasteiger partial charge >= 0.3 is 18.2 Å². The third kappa shape index (κ3) is 5.16. The van der Waals surface area contributed by atoms with Crippen molar-refractivity contribution in [3.8, 4) is 0 Å². The minimum Gasteiger partial charge on any atom is -0.480 e. The molecule has 0 unspecified atom stereocenters. The van der Waals surface area contributed by atoms with E-state index in [1.807, 2.05) is 6.07 Å². The Hall–Kier alpha value is -3.29. The number of carboxylic acids is 1. The second kappa shape index (κ2) is 8.38. The number of carbonyl (C=O) groups is 2. The first-order valence-electron chi connectivity index (χ1n) is 8.81. The van der Waals surface area contributed by atoms with Gasteiger partial charge in [-0.25, -0.2) is 9.59 Å². The molecule has 0 bridgehead atoms. The number of hydrogen-bond donors (Lipinski definition) is 1. The molecular formula is C21H18F3NO4. The lowest BCUT2D eigenvalue weighted by molar-refractivity contribution is -0.141. The Morgan fingerprint density at radius 1 is 1.14 bits per heavy atom. The van der Waals surface area contributed by atoms with Crippen LogP contribution in [0.5, 0.6) is 0 Å². The van der Waals surface area contributed by atoms with Crippen molar-refractivity contribution in [2.24, 2.45) is 0 Å². The van der Waals surface area contributed by atoms with E-state index in [0.717, 1.165) is 22.6 Å². The minimum absolute atomic E-state index is 0.00477. The minimum atomic E-state index is -4.47. The number of nitrogens with zero attached hydrogens (tertiary/aromatic N) is 1. The fourth-order valence-corrected chi connectivity index (χ4v) is 3.11. The monoisotopic (exact) mass is 405 g/mol. The van der Waals surface area contributed by atoms with Gasteiger partial charge in [-0.15, -0.1) is 0 Å². The quantitative estimate of drug-likeness (QED) is 0.808. The van der Waals surface area contributed by atoms with E-state index in [4.69, 9.17) is 4.74 Å². The molecule has 3 rings (SSSR count). The largest absolute Gasteiger partial charge is 0.480 e. The topological polar surface area (TPSA) is 66.8 Å². The van der Waals surface area contributed by atoms with E-state index in [1.54, 1.807) is 24.3 Å². The first-order chi connectivity index (χ1) is 13.7. The van der Waals surface area contributed by atoms with Crippen LogP contribution in [0, 0.1) is 0 Å². The molecule has 8 heteroatoms. The second-order valence-electron chi connectivity index (χ2n) is 6.65. The van der Waals surface area contributed by atoms with Gasteiger partial charge in [0.2, 0.25) is 0 Å². The summed E-state index contributed by atoms with van der Waals surface area (Å²) in [6.07, 6.45) is -3.75. The van der Waals surface area contributed by atoms with E-state index in [-0.39, 0.29) is 19.6 Å². The molecule has 152 valence electrons. The van der Waals surface area contributed by atoms with Crippen molar-refractivity contribution in [3.05, 3.63) is 76.9 Å². The van der Waals surface area contributed by atoms with Crippen molar-refractivity contribution in [2.45, 2.75) is 25.2 Å². The molecule has 1 amide bonds. The summed E-state index contributed by atoms with van der Waals surface area (Å²) in [6.45, 7) is -0.0317. The van der Waals surface area contributed by atoms with Gasteiger partial charge in [-0.2, -0.15) is 13.2 Å². The SMILES string of the molecule is O=C(O)[C@@H]1CC(=Cc2cccc(C(F)(F)F)c2)CN1C(=O)OCc1ccccc1. The normalized spacial score (nSPS) is 18.1. The Bertz CT molecular complexity index is 925. The molecule has 1 heterocycles. The standard InChI is InChI=1S/C21H18F3NO4/c22-21(23,24)17-8-4-7-15(10-17)9-16-11-18(19(26)27)25(12-16)20(28)29-13-14-5-2-1-3-6-14/h1-10,18H,11-13H2,(H,26,27)/t18-/m0/s1. The molecule has 29 heavy (non-hydrogen) atoms. The summed E-state index contributed by atoms with van der Waals surface area (Å²) in [5, 5.41) is 9.43. The zero-order chi connectivity index (χ0) is 21.0. The lowest BCUT2D eigenvalue weighted by Crippen LogP contribution is -2.40. The predicted octanol–water partition coefficient (Wildman–Crippen LogP) is 4.58. The summed E-state index contributed by atoms with van der Waals surface area (Å²) in [5.74, 6) is -1.20. The van der Waals surface area contributed by atoms with Crippen molar-refractivity contribution in [1.29, 1.82) is 0 Å². The Morgan fingerprint density at radius 2 is 1.86 bits per heavy atom. The number of amides is 1. The summed E-state index contributed by atoms with van der Waals surface area (Å²) in [6, 6.07) is 12.5. The fourth-order valence-electron chi connectivity index (χ4n) is 3.11. The molecule has 1 aliphatic rings. The highest BCUT2D eigenvalue weighted by Crippen LogP contribution is 2.31. The maximum Gasteiger partial charge on any atom is 0.416 e. The zero-order valence-corrected chi connectivity index (χ0v) is 15.2. The number of alkyl halides is 3. The number of halogens is 3. The van der Waals surface area contributed by atoms with Crippen LogP contribution in [-0.2, 0) is 22.3 Å². The molecule has 2 aromatic rings. The molecule has 1 atom stereocenters. The summed E-state index contributed by atoms with van der Waals surface area (Å²) in [7, 11) is 0. The van der Waals surface area contributed by atoms with E-state index >= 15 is 0 Å². The van der Waals surface area contributed by atoms with Crippen LogP contribution in [0.15, 0.2) is 60.2 Å². The first kappa shape index (κ1) is 20.4. The van der Waals surface area contributed by atoms with Crippen LogP contribution in [0.2, 0.25) is 0 Å². The van der Waals surface area contributed by atoms with E-state index in [0.29, 0.717) is 11.1 Å². The maximum absolute atomic E-state index is 12.9. The molecule has 1 saturated heterocycles. The Balaban J connectivity index is 1.74. The van der Waals surface area contributed by atoms with Crippen LogP contribution in [-0.4, -0.2) is 34.7 Å². The molecule has 0 aromatic heterocycles. The van der Waals surface area contributed by atoms with Crippen LogP contribution >= 0.6 is 0 Å². The smallest absolute Gasteiger partial charge is 0.416 e. The number of likely N-dealkylation sites (tertiary alicyclic amines) is 1. The van der Waals surface area contributed by atoms with Crippen LogP contribution in [0.1, 0.15) is 23.1 Å². The van der Waals surface area contributed by atoms with Gasteiger partial charge in [0.05, 0.1) is 5.56 Å². The van der Waals surface area contributed by atoms with E-state index in [1.165, 1.54) is 18.2 Å². The molecule has 5 nitrogen and oxygen atoms in total. The Morgan fingerprint density at radius 3 is 2.52 bits per heavy atom. The number of aliphatic carboxylic acids is 1. The summed E-state index contributed by atoms with van der Waals surface area (Å²) >= 11 is 0. The zero-order valence-electron chi connectivity index (χ0n) is 15.2. The van der Waals surface area contributed by atoms with Crippen LogP contribution in [0.4, 0.5) is 18.0 Å². The Labute approximate surface area is 165 Å². The number of rotatable bonds is 4. The fraction of sp³-hybridized carbons (Fsp3) is 0.238. The highest BCUT2D eigenvalue weighted by Gasteiger charge is 2.38. The summed E-state index contributed by atoms with van der Waals surface area (Å²) in [5.41, 5.74) is 0.789. The van der Waals surface area contributed by atoms with Gasteiger partial charge in [-0.05, 0) is 28.8 Å². The third-order valence-corrected chi connectivity index (χ3v) is 4.51.